The molecule has 0 aliphatic carbocycles. The SMILES string of the molecule is CC(C)n1nc(C(F)(F)F)cc1-c1cnc([N+](=O)Cc2ccc(Cl)cc2)s1. The second-order valence-electron chi connectivity index (χ2n) is 6.12. The Labute approximate surface area is 162 Å². The molecule has 10 heteroatoms. The number of benzene rings is 1. The highest BCUT2D eigenvalue weighted by molar-refractivity contribution is 7.18. The number of hydrogen-bond acceptors (Lipinski definition) is 4. The van der Waals surface area contributed by atoms with Gasteiger partial charge in [0.05, 0.1) is 5.69 Å². The van der Waals surface area contributed by atoms with Crippen LogP contribution in [0.2, 0.25) is 5.02 Å². The molecule has 0 saturated carbocycles. The van der Waals surface area contributed by atoms with Gasteiger partial charge in [-0.05, 0) is 58.7 Å². The Morgan fingerprint density at radius 2 is 1.93 bits per heavy atom. The average Bonchev–Trinajstić information content (AvgIpc) is 3.23. The number of nitrogens with zero attached hydrogens (tertiary/aromatic N) is 4. The molecule has 27 heavy (non-hydrogen) atoms. The molecule has 0 atom stereocenters. The predicted molar refractivity (Wildman–Crippen MR) is 97.2 cm³/mol. The first-order valence-corrected chi connectivity index (χ1v) is 9.16. The van der Waals surface area contributed by atoms with Crippen LogP contribution in [0, 0.1) is 4.91 Å². The molecule has 0 N–H and O–H groups in total. The molecule has 5 nitrogen and oxygen atoms in total. The summed E-state index contributed by atoms with van der Waals surface area (Å²) in [4.78, 5) is 16.9. The second kappa shape index (κ2) is 7.40. The third-order valence-corrected chi connectivity index (χ3v) is 4.99. The van der Waals surface area contributed by atoms with Gasteiger partial charge in [-0.1, -0.05) is 28.6 Å². The van der Waals surface area contributed by atoms with Crippen LogP contribution in [0.3, 0.4) is 0 Å². The highest BCUT2D eigenvalue weighted by atomic mass is 35.5. The summed E-state index contributed by atoms with van der Waals surface area (Å²) in [7, 11) is 0. The lowest BCUT2D eigenvalue weighted by atomic mass is 10.2. The Morgan fingerprint density at radius 3 is 2.52 bits per heavy atom. The van der Waals surface area contributed by atoms with Crippen LogP contribution in [0.15, 0.2) is 36.5 Å². The van der Waals surface area contributed by atoms with Gasteiger partial charge in [0.25, 0.3) is 0 Å². The molecule has 2 heterocycles. The van der Waals surface area contributed by atoms with Crippen molar-refractivity contribution in [1.82, 2.24) is 14.8 Å². The van der Waals surface area contributed by atoms with E-state index in [0.29, 0.717) is 14.7 Å². The first-order valence-electron chi connectivity index (χ1n) is 7.97. The molecular weight excluding hydrogens is 401 g/mol. The fraction of sp³-hybridized carbons (Fsp3) is 0.294. The molecule has 3 rings (SSSR count). The zero-order valence-corrected chi connectivity index (χ0v) is 15.9. The van der Waals surface area contributed by atoms with Gasteiger partial charge in [0.15, 0.2) is 18.4 Å². The molecule has 142 valence electrons. The third kappa shape index (κ3) is 4.36. The Kier molecular flexibility index (Phi) is 5.34. The van der Waals surface area contributed by atoms with E-state index in [1.807, 2.05) is 0 Å². The van der Waals surface area contributed by atoms with E-state index in [4.69, 9.17) is 11.6 Å². The fourth-order valence-electron chi connectivity index (χ4n) is 2.43. The lowest BCUT2D eigenvalue weighted by molar-refractivity contribution is -0.479. The molecule has 0 spiro atoms. The van der Waals surface area contributed by atoms with Crippen LogP contribution < -0.4 is 0 Å². The summed E-state index contributed by atoms with van der Waals surface area (Å²) in [5, 5.41) is 4.38. The van der Waals surface area contributed by atoms with Crippen LogP contribution in [0.5, 0.6) is 0 Å². The summed E-state index contributed by atoms with van der Waals surface area (Å²) in [5.74, 6) is 0. The van der Waals surface area contributed by atoms with Gasteiger partial charge >= 0.3 is 11.3 Å². The van der Waals surface area contributed by atoms with Crippen LogP contribution in [0.4, 0.5) is 18.3 Å². The zero-order valence-electron chi connectivity index (χ0n) is 14.4. The Balaban J connectivity index is 1.88. The molecule has 1 aromatic carbocycles. The van der Waals surface area contributed by atoms with E-state index in [1.165, 1.54) is 10.9 Å². The highest BCUT2D eigenvalue weighted by Gasteiger charge is 2.36. The molecule has 0 aliphatic heterocycles. The van der Waals surface area contributed by atoms with Crippen LogP contribution in [-0.2, 0) is 12.7 Å². The molecule has 0 fully saturated rings. The van der Waals surface area contributed by atoms with E-state index in [2.05, 4.69) is 10.1 Å². The van der Waals surface area contributed by atoms with Crippen molar-refractivity contribution in [3.63, 3.8) is 0 Å². The van der Waals surface area contributed by atoms with Crippen molar-refractivity contribution in [2.24, 2.45) is 0 Å². The van der Waals surface area contributed by atoms with Crippen LogP contribution in [0.1, 0.15) is 31.1 Å². The molecule has 3 aromatic rings. The minimum absolute atomic E-state index is 0.0569. The highest BCUT2D eigenvalue weighted by Crippen LogP contribution is 2.36. The van der Waals surface area contributed by atoms with Gasteiger partial charge in [-0.25, -0.2) is 0 Å². The molecule has 0 unspecified atom stereocenters. The second-order valence-corrected chi connectivity index (χ2v) is 7.57. The molecule has 0 amide bonds. The molecule has 0 aliphatic rings. The van der Waals surface area contributed by atoms with E-state index in [-0.39, 0.29) is 23.4 Å². The van der Waals surface area contributed by atoms with Gasteiger partial charge in [0, 0.05) is 11.1 Å². The maximum Gasteiger partial charge on any atom is 0.435 e. The number of aromatic nitrogens is 3. The lowest BCUT2D eigenvalue weighted by Gasteiger charge is -2.08. The van der Waals surface area contributed by atoms with Crippen molar-refractivity contribution >= 4 is 28.1 Å². The topological polar surface area (TPSA) is 50.8 Å². The number of halogens is 4. The largest absolute Gasteiger partial charge is 0.435 e. The van der Waals surface area contributed by atoms with E-state index < -0.39 is 11.9 Å². The molecule has 0 radical (unpaired) electrons. The maximum absolute atomic E-state index is 13.0. The summed E-state index contributed by atoms with van der Waals surface area (Å²) in [6.45, 7) is 3.53. The van der Waals surface area contributed by atoms with E-state index >= 15 is 0 Å². The number of thiazole rings is 1. The standard InChI is InChI=1S/C17H15ClF3N4OS/c1-10(2)25-13(7-15(23-25)17(19,20)21)14-8-22-16(27-14)24(26)9-11-3-5-12(18)6-4-11/h3-8,10H,9H2,1-2H3/q+1. The van der Waals surface area contributed by atoms with Crippen molar-refractivity contribution < 1.29 is 17.9 Å². The van der Waals surface area contributed by atoms with Crippen LogP contribution >= 0.6 is 22.9 Å². The Hall–Kier alpha value is -2.26. The zero-order chi connectivity index (χ0) is 19.8. The monoisotopic (exact) mass is 415 g/mol. The quantitative estimate of drug-likeness (QED) is 0.489. The lowest BCUT2D eigenvalue weighted by Crippen LogP contribution is -2.09. The first kappa shape index (κ1) is 19.5. The maximum atomic E-state index is 13.0. The summed E-state index contributed by atoms with van der Waals surface area (Å²) >= 11 is 6.84. The van der Waals surface area contributed by atoms with E-state index in [9.17, 15) is 18.1 Å². The third-order valence-electron chi connectivity index (χ3n) is 3.71. The van der Waals surface area contributed by atoms with Gasteiger partial charge in [-0.3, -0.25) is 4.68 Å². The molecule has 0 saturated heterocycles. The van der Waals surface area contributed by atoms with Crippen LogP contribution in [0.25, 0.3) is 10.6 Å². The van der Waals surface area contributed by atoms with Crippen LogP contribution in [-0.4, -0.2) is 19.5 Å². The summed E-state index contributed by atoms with van der Waals surface area (Å²) in [6.07, 6.45) is -3.15. The smallest absolute Gasteiger partial charge is 0.261 e. The number of nitroso groups, excluding NO2 is 1. The number of alkyl halides is 3. The predicted octanol–water partition coefficient (Wildman–Crippen LogP) is 5.87. The Morgan fingerprint density at radius 1 is 1.26 bits per heavy atom. The van der Waals surface area contributed by atoms with E-state index in [1.54, 1.807) is 38.1 Å². The van der Waals surface area contributed by atoms with Crippen molar-refractivity contribution in [2.45, 2.75) is 32.6 Å². The normalized spacial score (nSPS) is 12.0. The fourth-order valence-corrected chi connectivity index (χ4v) is 3.39. The number of rotatable bonds is 5. The summed E-state index contributed by atoms with van der Waals surface area (Å²) < 4.78 is 41.0. The van der Waals surface area contributed by atoms with Gasteiger partial charge in [-0.15, -0.1) is 0 Å². The van der Waals surface area contributed by atoms with Crippen molar-refractivity contribution in [3.8, 4) is 10.6 Å². The van der Waals surface area contributed by atoms with Gasteiger partial charge in [0.1, 0.15) is 4.88 Å². The Bertz CT molecular complexity index is 963. The summed E-state index contributed by atoms with van der Waals surface area (Å²) in [5.41, 5.74) is 0.0555. The molecule has 2 aromatic heterocycles. The van der Waals surface area contributed by atoms with E-state index in [0.717, 1.165) is 23.0 Å². The minimum atomic E-state index is -4.54. The van der Waals surface area contributed by atoms with Crippen molar-refractivity contribution in [2.75, 3.05) is 0 Å². The molecular formula is C17H15ClF3N4OS+. The van der Waals surface area contributed by atoms with Crippen molar-refractivity contribution in [1.29, 1.82) is 0 Å². The first-order chi connectivity index (χ1) is 12.6. The number of hydrogen-bond donors (Lipinski definition) is 0. The van der Waals surface area contributed by atoms with Gasteiger partial charge < -0.3 is 0 Å². The average molecular weight is 416 g/mol. The van der Waals surface area contributed by atoms with Crippen molar-refractivity contribution in [3.05, 3.63) is 57.7 Å². The summed E-state index contributed by atoms with van der Waals surface area (Å²) in [6, 6.07) is 7.51. The van der Waals surface area contributed by atoms with Gasteiger partial charge in [-0.2, -0.15) is 18.3 Å². The minimum Gasteiger partial charge on any atom is -0.261 e. The molecule has 0 bridgehead atoms. The van der Waals surface area contributed by atoms with Gasteiger partial charge in [0.2, 0.25) is 0 Å².